The van der Waals surface area contributed by atoms with Crippen LogP contribution in [0.2, 0.25) is 0 Å². The summed E-state index contributed by atoms with van der Waals surface area (Å²) in [6, 6.07) is 0. The van der Waals surface area contributed by atoms with E-state index in [9.17, 15) is 24.6 Å². The van der Waals surface area contributed by atoms with Gasteiger partial charge in [0.25, 0.3) is 0 Å². The standard InChI is InChI=1S/C41H62N2O6S/c1-24(2)33-27(44)18-41(30(45)22-42-20-25-21-43-23-50-25)17-16-39(8)26(34(33)41)10-11-29-38(7)14-13-31(49-32(46)19-36(3,4)35(47)48)37(5,6)28(38)12-15-40(29,39)9/h21,23-24,26,28-31,42,45H,10-20,22H2,1-9H3,(H,47,48)/t26-,28+,29-,30?,31+,38+,39-,40-,41?/m1/s1. The van der Waals surface area contributed by atoms with Crippen LogP contribution in [0.3, 0.4) is 0 Å². The van der Waals surface area contributed by atoms with Gasteiger partial charge in [0.05, 0.1) is 23.5 Å². The Kier molecular flexibility index (Phi) is 9.63. The Balaban J connectivity index is 1.27. The highest BCUT2D eigenvalue weighted by atomic mass is 32.1. The topological polar surface area (TPSA) is 126 Å². The Morgan fingerprint density at radius 3 is 2.38 bits per heavy atom. The number of hydrogen-bond donors (Lipinski definition) is 3. The number of carbonyl (C=O) groups excluding carboxylic acids is 2. The van der Waals surface area contributed by atoms with Crippen molar-refractivity contribution in [2.45, 2.75) is 145 Å². The number of ketones is 1. The number of aliphatic hydroxyl groups is 1. The molecule has 0 spiro atoms. The van der Waals surface area contributed by atoms with Crippen LogP contribution in [0.25, 0.3) is 0 Å². The fraction of sp³-hybridized carbons (Fsp3) is 0.805. The number of aliphatic hydroxyl groups excluding tert-OH is 1. The number of rotatable bonds is 10. The first kappa shape index (κ1) is 37.7. The SMILES string of the molecule is CC(C)C1=C2[C@H]3CC[C@@H]4[C@@]5(C)CC[C@H](OC(=O)CC(C)(C)C(=O)O)C(C)(C)[C@@H]5CC[C@@]4(C)[C@]3(C)CCC2(C(O)CNCc2cncs2)CC1=O. The molecule has 0 radical (unpaired) electrons. The van der Waals surface area contributed by atoms with E-state index in [-0.39, 0.29) is 51.8 Å². The van der Waals surface area contributed by atoms with Gasteiger partial charge in [-0.05, 0) is 111 Å². The minimum absolute atomic E-state index is 0.000845. The van der Waals surface area contributed by atoms with Gasteiger partial charge in [0, 0.05) is 41.4 Å². The number of allylic oxidation sites excluding steroid dienone is 1. The van der Waals surface area contributed by atoms with E-state index < -0.39 is 28.9 Å². The average molecular weight is 711 g/mol. The van der Waals surface area contributed by atoms with Crippen molar-refractivity contribution in [3.8, 4) is 0 Å². The van der Waals surface area contributed by atoms with Gasteiger partial charge < -0.3 is 20.3 Å². The van der Waals surface area contributed by atoms with Crippen LogP contribution < -0.4 is 5.32 Å². The number of ether oxygens (including phenoxy) is 1. The summed E-state index contributed by atoms with van der Waals surface area (Å²) < 4.78 is 6.16. The number of fused-ring (bicyclic) bond motifs is 7. The maximum atomic E-state index is 14.0. The fourth-order valence-electron chi connectivity index (χ4n) is 12.8. The van der Waals surface area contributed by atoms with Crippen LogP contribution in [0, 0.1) is 56.2 Å². The molecule has 5 aliphatic rings. The lowest BCUT2D eigenvalue weighted by Crippen LogP contribution is -2.66. The van der Waals surface area contributed by atoms with Crippen LogP contribution >= 0.6 is 11.3 Å². The smallest absolute Gasteiger partial charge is 0.309 e. The molecule has 278 valence electrons. The van der Waals surface area contributed by atoms with Crippen molar-refractivity contribution in [1.29, 1.82) is 0 Å². The highest BCUT2D eigenvalue weighted by molar-refractivity contribution is 7.09. The number of nitrogens with one attached hydrogen (secondary N) is 1. The molecule has 3 N–H and O–H groups in total. The molecule has 0 bridgehead atoms. The minimum atomic E-state index is -1.16. The van der Waals surface area contributed by atoms with E-state index in [1.165, 1.54) is 5.57 Å². The summed E-state index contributed by atoms with van der Waals surface area (Å²) in [7, 11) is 0. The summed E-state index contributed by atoms with van der Waals surface area (Å²) in [5.74, 6) is 0.0929. The van der Waals surface area contributed by atoms with Gasteiger partial charge in [-0.1, -0.05) is 54.0 Å². The quantitative estimate of drug-likeness (QED) is 0.209. The Bertz CT molecular complexity index is 1530. The zero-order chi connectivity index (χ0) is 36.7. The first-order valence-corrected chi connectivity index (χ1v) is 20.1. The summed E-state index contributed by atoms with van der Waals surface area (Å²) in [6.45, 7) is 20.8. The number of esters is 1. The van der Waals surface area contributed by atoms with E-state index >= 15 is 0 Å². The van der Waals surface area contributed by atoms with Gasteiger partial charge in [-0.25, -0.2) is 0 Å². The number of carboxylic acids is 1. The number of aromatic nitrogens is 1. The van der Waals surface area contributed by atoms with Crippen molar-refractivity contribution < 1.29 is 29.3 Å². The highest BCUT2D eigenvalue weighted by Crippen LogP contribution is 2.77. The van der Waals surface area contributed by atoms with E-state index in [1.807, 2.05) is 11.7 Å². The number of carbonyl (C=O) groups is 3. The number of thiazole rings is 1. The normalized spacial score (nSPS) is 38.6. The molecule has 1 aromatic heterocycles. The first-order valence-electron chi connectivity index (χ1n) is 19.2. The molecule has 8 nitrogen and oxygen atoms in total. The van der Waals surface area contributed by atoms with E-state index in [4.69, 9.17) is 4.74 Å². The lowest BCUT2D eigenvalue weighted by Gasteiger charge is -2.72. The molecule has 4 fully saturated rings. The van der Waals surface area contributed by atoms with Gasteiger partial charge in [0.15, 0.2) is 5.78 Å². The Hall–Kier alpha value is -2.10. The van der Waals surface area contributed by atoms with Crippen LogP contribution in [0.1, 0.15) is 131 Å². The molecule has 0 aliphatic heterocycles. The summed E-state index contributed by atoms with van der Waals surface area (Å²) in [5, 5.41) is 25.1. The lowest BCUT2D eigenvalue weighted by molar-refractivity contribution is -0.235. The first-order chi connectivity index (χ1) is 23.2. The Morgan fingerprint density at radius 1 is 1.02 bits per heavy atom. The van der Waals surface area contributed by atoms with Crippen LogP contribution in [-0.2, 0) is 25.7 Å². The van der Waals surface area contributed by atoms with Crippen molar-refractivity contribution in [2.24, 2.45) is 56.2 Å². The molecule has 4 saturated carbocycles. The number of hydrogen-bond acceptors (Lipinski definition) is 8. The van der Waals surface area contributed by atoms with Crippen LogP contribution in [0.4, 0.5) is 0 Å². The van der Waals surface area contributed by atoms with Gasteiger partial charge in [0.1, 0.15) is 6.10 Å². The fourth-order valence-corrected chi connectivity index (χ4v) is 13.3. The van der Waals surface area contributed by atoms with E-state index in [0.717, 1.165) is 61.8 Å². The summed E-state index contributed by atoms with van der Waals surface area (Å²) in [4.78, 5) is 44.1. The zero-order valence-electron chi connectivity index (χ0n) is 32.0. The molecule has 9 heteroatoms. The molecule has 6 rings (SSSR count). The van der Waals surface area contributed by atoms with Gasteiger partial charge in [-0.2, -0.15) is 0 Å². The van der Waals surface area contributed by atoms with E-state index in [0.29, 0.717) is 31.3 Å². The Morgan fingerprint density at radius 2 is 1.74 bits per heavy atom. The Labute approximate surface area is 303 Å². The maximum absolute atomic E-state index is 14.0. The largest absolute Gasteiger partial charge is 0.481 e. The second kappa shape index (κ2) is 12.8. The van der Waals surface area contributed by atoms with Gasteiger partial charge in [-0.15, -0.1) is 11.3 Å². The number of Topliss-reactive ketones (excluding diaryl/α,β-unsaturated/α-hetero) is 1. The van der Waals surface area contributed by atoms with Crippen LogP contribution in [0.15, 0.2) is 22.9 Å². The third-order valence-corrected chi connectivity index (χ3v) is 16.4. The number of aliphatic carboxylic acids is 1. The second-order valence-corrected chi connectivity index (χ2v) is 20.1. The molecule has 0 amide bonds. The van der Waals surface area contributed by atoms with Crippen molar-refractivity contribution in [2.75, 3.05) is 6.54 Å². The van der Waals surface area contributed by atoms with E-state index in [2.05, 4.69) is 58.8 Å². The predicted octanol–water partition coefficient (Wildman–Crippen LogP) is 7.99. The molecule has 9 atom stereocenters. The van der Waals surface area contributed by atoms with Crippen molar-refractivity contribution in [3.05, 3.63) is 27.7 Å². The van der Waals surface area contributed by atoms with Crippen molar-refractivity contribution in [3.63, 3.8) is 0 Å². The van der Waals surface area contributed by atoms with Crippen LogP contribution in [0.5, 0.6) is 0 Å². The molecule has 0 aromatic carbocycles. The van der Waals surface area contributed by atoms with Crippen LogP contribution in [-0.4, -0.2) is 51.7 Å². The predicted molar refractivity (Wildman–Crippen MR) is 195 cm³/mol. The molecule has 2 unspecified atom stereocenters. The maximum Gasteiger partial charge on any atom is 0.309 e. The summed E-state index contributed by atoms with van der Waals surface area (Å²) in [5.41, 5.74) is 2.35. The van der Waals surface area contributed by atoms with Crippen molar-refractivity contribution in [1.82, 2.24) is 10.3 Å². The summed E-state index contributed by atoms with van der Waals surface area (Å²) in [6.07, 6.45) is 9.16. The molecular formula is C41H62N2O6S. The second-order valence-electron chi connectivity index (χ2n) is 19.2. The molecule has 5 aliphatic carbocycles. The third-order valence-electron chi connectivity index (χ3n) is 15.6. The molecule has 1 heterocycles. The molecule has 1 aromatic rings. The zero-order valence-corrected chi connectivity index (χ0v) is 32.8. The number of nitrogens with zero attached hydrogens (tertiary/aromatic N) is 1. The van der Waals surface area contributed by atoms with Gasteiger partial charge >= 0.3 is 11.9 Å². The van der Waals surface area contributed by atoms with Crippen molar-refractivity contribution >= 4 is 29.1 Å². The van der Waals surface area contributed by atoms with Gasteiger partial charge in [0.2, 0.25) is 0 Å². The third kappa shape index (κ3) is 5.66. The summed E-state index contributed by atoms with van der Waals surface area (Å²) >= 11 is 1.61. The minimum Gasteiger partial charge on any atom is -0.481 e. The molecular weight excluding hydrogens is 649 g/mol. The molecule has 0 saturated heterocycles. The molecule has 50 heavy (non-hydrogen) atoms. The van der Waals surface area contributed by atoms with Gasteiger partial charge in [-0.3, -0.25) is 19.4 Å². The highest BCUT2D eigenvalue weighted by Gasteiger charge is 2.70. The van der Waals surface area contributed by atoms with E-state index in [1.54, 1.807) is 25.2 Å². The number of carboxylic acid groups (broad SMARTS) is 1. The monoisotopic (exact) mass is 710 g/mol. The lowest BCUT2D eigenvalue weighted by atomic mass is 9.33. The average Bonchev–Trinajstić information content (AvgIpc) is 3.64.